The van der Waals surface area contributed by atoms with Crippen LogP contribution in [0, 0.1) is 0 Å². The van der Waals surface area contributed by atoms with Gasteiger partial charge >= 0.3 is 0 Å². The molecule has 0 fully saturated rings. The highest BCUT2D eigenvalue weighted by Crippen LogP contribution is 2.30. The summed E-state index contributed by atoms with van der Waals surface area (Å²) in [6.45, 7) is 4.92. The number of carbonyl (C=O) groups excluding carboxylic acids is 2. The number of benzene rings is 3. The van der Waals surface area contributed by atoms with Gasteiger partial charge in [0.05, 0.1) is 28.6 Å². The van der Waals surface area contributed by atoms with Gasteiger partial charge in [0.1, 0.15) is 11.8 Å². The zero-order valence-electron chi connectivity index (χ0n) is 25.5. The Morgan fingerprint density at radius 1 is 0.909 bits per heavy atom. The summed E-state index contributed by atoms with van der Waals surface area (Å²) in [6.07, 6.45) is 3.40. The van der Waals surface area contributed by atoms with E-state index in [-0.39, 0.29) is 37.7 Å². The van der Waals surface area contributed by atoms with E-state index in [1.54, 1.807) is 47.4 Å². The molecule has 2 amide bonds. The number of rotatable bonds is 17. The lowest BCUT2D eigenvalue weighted by atomic mass is 10.0. The van der Waals surface area contributed by atoms with E-state index in [0.717, 1.165) is 30.2 Å². The van der Waals surface area contributed by atoms with Gasteiger partial charge in [0.2, 0.25) is 21.8 Å². The Hall–Kier alpha value is -3.27. The highest BCUT2D eigenvalue weighted by Gasteiger charge is 2.31. The molecule has 11 heteroatoms. The maximum absolute atomic E-state index is 14.0. The van der Waals surface area contributed by atoms with Crippen LogP contribution in [0.15, 0.2) is 72.8 Å². The van der Waals surface area contributed by atoms with Crippen LogP contribution in [-0.2, 0) is 32.6 Å². The number of amides is 2. The highest BCUT2D eigenvalue weighted by atomic mass is 35.5. The topological polar surface area (TPSA) is 96.0 Å². The summed E-state index contributed by atoms with van der Waals surface area (Å²) in [5, 5.41) is 3.73. The van der Waals surface area contributed by atoms with Gasteiger partial charge in [0.15, 0.2) is 0 Å². The van der Waals surface area contributed by atoms with Crippen molar-refractivity contribution < 1.29 is 22.7 Å². The SMILES string of the molecule is CCCCNC(=O)[C@@H](Cc1ccccc1)N(Cc1ccc(Cl)c(Cl)c1)C(=O)CCCN(c1ccccc1OCC)S(C)(=O)=O. The molecule has 0 aliphatic rings. The second kappa shape index (κ2) is 17.3. The van der Waals surface area contributed by atoms with Gasteiger partial charge in [0.25, 0.3) is 0 Å². The molecule has 0 spiro atoms. The number of carbonyl (C=O) groups is 2. The minimum atomic E-state index is -3.68. The zero-order valence-corrected chi connectivity index (χ0v) is 27.8. The molecule has 0 unspecified atom stereocenters. The highest BCUT2D eigenvalue weighted by molar-refractivity contribution is 7.92. The van der Waals surface area contributed by atoms with Crippen LogP contribution < -0.4 is 14.4 Å². The lowest BCUT2D eigenvalue weighted by Gasteiger charge is -2.32. The van der Waals surface area contributed by atoms with Gasteiger partial charge in [-0.1, -0.05) is 85.1 Å². The number of hydrogen-bond donors (Lipinski definition) is 1. The molecule has 0 aromatic heterocycles. The first-order valence-electron chi connectivity index (χ1n) is 14.8. The summed E-state index contributed by atoms with van der Waals surface area (Å²) in [7, 11) is -3.68. The molecule has 238 valence electrons. The van der Waals surface area contributed by atoms with Crippen LogP contribution in [0.4, 0.5) is 5.69 Å². The molecule has 3 aromatic carbocycles. The largest absolute Gasteiger partial charge is 0.492 e. The predicted molar refractivity (Wildman–Crippen MR) is 178 cm³/mol. The summed E-state index contributed by atoms with van der Waals surface area (Å²) >= 11 is 12.4. The Labute approximate surface area is 271 Å². The number of sulfonamides is 1. The molecule has 1 atom stereocenters. The van der Waals surface area contributed by atoms with Gasteiger partial charge in [-0.2, -0.15) is 0 Å². The standard InChI is InChI=1S/C33H41Cl2N3O5S/c1-4-6-20-36-33(40)30(23-25-13-8-7-9-14-25)37(24-26-18-19-27(34)28(35)22-26)32(39)17-12-21-38(44(3,41)42)29-15-10-11-16-31(29)43-5-2/h7-11,13-16,18-19,22,30H,4-6,12,17,20-21,23-24H2,1-3H3,(H,36,40)/t30-/m1/s1. The van der Waals surface area contributed by atoms with Gasteiger partial charge in [0, 0.05) is 32.5 Å². The van der Waals surface area contributed by atoms with Crippen molar-refractivity contribution in [1.82, 2.24) is 10.2 Å². The molecule has 8 nitrogen and oxygen atoms in total. The Balaban J connectivity index is 1.91. The number of nitrogens with one attached hydrogen (secondary N) is 1. The molecule has 0 heterocycles. The van der Waals surface area contributed by atoms with E-state index >= 15 is 0 Å². The summed E-state index contributed by atoms with van der Waals surface area (Å²) in [4.78, 5) is 29.2. The number of ether oxygens (including phenoxy) is 1. The van der Waals surface area contributed by atoms with E-state index in [4.69, 9.17) is 27.9 Å². The Kier molecular flexibility index (Phi) is 13.8. The molecule has 0 radical (unpaired) electrons. The Morgan fingerprint density at radius 3 is 2.27 bits per heavy atom. The van der Waals surface area contributed by atoms with Crippen molar-refractivity contribution in [2.45, 2.75) is 58.5 Å². The molecule has 3 rings (SSSR count). The summed E-state index contributed by atoms with van der Waals surface area (Å²) < 4.78 is 32.6. The normalized spacial score (nSPS) is 11.9. The number of halogens is 2. The second-order valence-electron chi connectivity index (χ2n) is 10.5. The van der Waals surface area contributed by atoms with Crippen LogP contribution in [-0.4, -0.2) is 57.1 Å². The third-order valence-electron chi connectivity index (χ3n) is 7.02. The summed E-state index contributed by atoms with van der Waals surface area (Å²) in [6, 6.07) is 20.8. The summed E-state index contributed by atoms with van der Waals surface area (Å²) in [5.74, 6) is -0.0898. The minimum Gasteiger partial charge on any atom is -0.492 e. The Morgan fingerprint density at radius 2 is 1.61 bits per heavy atom. The zero-order chi connectivity index (χ0) is 32.1. The molecule has 0 bridgehead atoms. The van der Waals surface area contributed by atoms with Crippen molar-refractivity contribution in [3.8, 4) is 5.75 Å². The van der Waals surface area contributed by atoms with E-state index in [1.807, 2.05) is 44.2 Å². The van der Waals surface area contributed by atoms with Crippen LogP contribution in [0.5, 0.6) is 5.75 Å². The van der Waals surface area contributed by atoms with E-state index in [2.05, 4.69) is 5.32 Å². The van der Waals surface area contributed by atoms with Crippen molar-refractivity contribution in [3.05, 3.63) is 94.0 Å². The van der Waals surface area contributed by atoms with Crippen molar-refractivity contribution >= 4 is 50.7 Å². The number of unbranched alkanes of at least 4 members (excludes halogenated alkanes) is 1. The van der Waals surface area contributed by atoms with Gasteiger partial charge in [-0.25, -0.2) is 8.42 Å². The lowest BCUT2D eigenvalue weighted by Crippen LogP contribution is -2.50. The molecular weight excluding hydrogens is 621 g/mol. The van der Waals surface area contributed by atoms with Gasteiger partial charge in [-0.15, -0.1) is 0 Å². The quantitative estimate of drug-likeness (QED) is 0.167. The first kappa shape index (κ1) is 35.2. The number of nitrogens with zero attached hydrogens (tertiary/aromatic N) is 2. The first-order chi connectivity index (χ1) is 21.0. The van der Waals surface area contributed by atoms with E-state index < -0.39 is 16.1 Å². The molecule has 44 heavy (non-hydrogen) atoms. The van der Waals surface area contributed by atoms with Crippen molar-refractivity contribution in [2.75, 3.05) is 30.3 Å². The smallest absolute Gasteiger partial charge is 0.243 e. The monoisotopic (exact) mass is 661 g/mol. The molecule has 0 aliphatic carbocycles. The fourth-order valence-electron chi connectivity index (χ4n) is 4.82. The van der Waals surface area contributed by atoms with Crippen LogP contribution in [0.25, 0.3) is 0 Å². The number of para-hydroxylation sites is 2. The van der Waals surface area contributed by atoms with Crippen LogP contribution >= 0.6 is 23.2 Å². The fraction of sp³-hybridized carbons (Fsp3) is 0.394. The predicted octanol–water partition coefficient (Wildman–Crippen LogP) is 6.49. The molecule has 1 N–H and O–H groups in total. The minimum absolute atomic E-state index is 0.0116. The third-order valence-corrected chi connectivity index (χ3v) is 8.94. The van der Waals surface area contributed by atoms with Crippen molar-refractivity contribution in [2.24, 2.45) is 0 Å². The van der Waals surface area contributed by atoms with Gasteiger partial charge in [-0.05, 0) is 55.2 Å². The van der Waals surface area contributed by atoms with Crippen molar-refractivity contribution in [3.63, 3.8) is 0 Å². The van der Waals surface area contributed by atoms with Gasteiger partial charge in [-0.3, -0.25) is 13.9 Å². The van der Waals surface area contributed by atoms with Gasteiger partial charge < -0.3 is 15.0 Å². The average molecular weight is 663 g/mol. The number of hydrogen-bond acceptors (Lipinski definition) is 5. The Bertz CT molecular complexity index is 1490. The van der Waals surface area contributed by atoms with E-state index in [0.29, 0.717) is 41.1 Å². The average Bonchev–Trinajstić information content (AvgIpc) is 2.99. The molecule has 3 aromatic rings. The van der Waals surface area contributed by atoms with Crippen LogP contribution in [0.3, 0.4) is 0 Å². The molecule has 0 saturated carbocycles. The number of anilines is 1. The van der Waals surface area contributed by atoms with Crippen LogP contribution in [0.1, 0.15) is 50.7 Å². The van der Waals surface area contributed by atoms with E-state index in [1.165, 1.54) is 4.31 Å². The third kappa shape index (κ3) is 10.4. The summed E-state index contributed by atoms with van der Waals surface area (Å²) in [5.41, 5.74) is 2.04. The lowest BCUT2D eigenvalue weighted by molar-refractivity contribution is -0.141. The molecular formula is C33H41Cl2N3O5S. The molecule has 0 saturated heterocycles. The van der Waals surface area contributed by atoms with Crippen molar-refractivity contribution in [1.29, 1.82) is 0 Å². The fourth-order valence-corrected chi connectivity index (χ4v) is 6.11. The first-order valence-corrected chi connectivity index (χ1v) is 17.4. The van der Waals surface area contributed by atoms with E-state index in [9.17, 15) is 18.0 Å². The van der Waals surface area contributed by atoms with Crippen LogP contribution in [0.2, 0.25) is 10.0 Å². The molecule has 0 aliphatic heterocycles. The maximum atomic E-state index is 14.0. The second-order valence-corrected chi connectivity index (χ2v) is 13.2. The maximum Gasteiger partial charge on any atom is 0.243 e.